The molecule has 1 aliphatic heterocycles. The van der Waals surface area contributed by atoms with Crippen LogP contribution in [0.4, 0.5) is 5.69 Å². The zero-order chi connectivity index (χ0) is 15.6. The quantitative estimate of drug-likeness (QED) is 0.485. The van der Waals surface area contributed by atoms with Gasteiger partial charge in [0.25, 0.3) is 0 Å². The topological polar surface area (TPSA) is 78.7 Å². The number of ether oxygens (including phenoxy) is 2. The van der Waals surface area contributed by atoms with Crippen LogP contribution < -0.4 is 0 Å². The highest BCUT2D eigenvalue weighted by atomic mass is 35.5. The summed E-state index contributed by atoms with van der Waals surface area (Å²) in [5.74, 6) is -0.726. The van der Waals surface area contributed by atoms with E-state index >= 15 is 0 Å². The van der Waals surface area contributed by atoms with E-state index in [0.717, 1.165) is 0 Å². The first-order valence-electron chi connectivity index (χ1n) is 6.67. The SMILES string of the molecule is CC1CC(OC(=O)c2cccc(Cl)c2[N+](=O)[O-])CC(C)O1. The van der Waals surface area contributed by atoms with Crippen molar-refractivity contribution < 1.29 is 19.2 Å². The van der Waals surface area contributed by atoms with E-state index in [1.807, 2.05) is 13.8 Å². The molecule has 21 heavy (non-hydrogen) atoms. The maximum atomic E-state index is 12.2. The molecule has 7 heteroatoms. The molecule has 1 fully saturated rings. The van der Waals surface area contributed by atoms with E-state index in [4.69, 9.17) is 21.1 Å². The zero-order valence-corrected chi connectivity index (χ0v) is 12.5. The molecule has 0 aromatic heterocycles. The number of nitro benzene ring substituents is 1. The summed E-state index contributed by atoms with van der Waals surface area (Å²) in [6, 6.07) is 4.20. The highest BCUT2D eigenvalue weighted by molar-refractivity contribution is 6.33. The van der Waals surface area contributed by atoms with E-state index in [9.17, 15) is 14.9 Å². The number of halogens is 1. The third kappa shape index (κ3) is 3.71. The van der Waals surface area contributed by atoms with Crippen LogP contribution in [0.3, 0.4) is 0 Å². The van der Waals surface area contributed by atoms with E-state index in [1.165, 1.54) is 18.2 Å². The minimum absolute atomic E-state index is 0.0131. The van der Waals surface area contributed by atoms with Crippen LogP contribution in [0.1, 0.15) is 37.0 Å². The first-order chi connectivity index (χ1) is 9.88. The lowest BCUT2D eigenvalue weighted by atomic mass is 10.0. The van der Waals surface area contributed by atoms with E-state index < -0.39 is 16.6 Å². The molecule has 2 rings (SSSR count). The van der Waals surface area contributed by atoms with Gasteiger partial charge in [-0.25, -0.2) is 4.79 Å². The van der Waals surface area contributed by atoms with Crippen molar-refractivity contribution in [2.45, 2.75) is 45.0 Å². The minimum atomic E-state index is -0.726. The lowest BCUT2D eigenvalue weighted by Crippen LogP contribution is -2.35. The van der Waals surface area contributed by atoms with Gasteiger partial charge in [0, 0.05) is 12.8 Å². The Hall–Kier alpha value is -1.66. The van der Waals surface area contributed by atoms with Crippen molar-refractivity contribution in [1.82, 2.24) is 0 Å². The van der Waals surface area contributed by atoms with Crippen molar-refractivity contribution in [1.29, 1.82) is 0 Å². The molecule has 2 atom stereocenters. The van der Waals surface area contributed by atoms with Gasteiger partial charge >= 0.3 is 11.7 Å². The third-order valence-electron chi connectivity index (χ3n) is 3.32. The highest BCUT2D eigenvalue weighted by Gasteiger charge is 2.30. The Bertz CT molecular complexity index is 552. The van der Waals surface area contributed by atoms with E-state index in [2.05, 4.69) is 0 Å². The first kappa shape index (κ1) is 15.7. The summed E-state index contributed by atoms with van der Waals surface area (Å²) in [7, 11) is 0. The molecule has 0 saturated carbocycles. The molecule has 1 heterocycles. The summed E-state index contributed by atoms with van der Waals surface area (Å²) < 4.78 is 10.9. The summed E-state index contributed by atoms with van der Waals surface area (Å²) >= 11 is 5.79. The summed E-state index contributed by atoms with van der Waals surface area (Å²) in [6.07, 6.45) is 0.811. The molecule has 1 aliphatic rings. The number of benzene rings is 1. The smallest absolute Gasteiger partial charge is 0.345 e. The van der Waals surface area contributed by atoms with E-state index in [1.54, 1.807) is 0 Å². The van der Waals surface area contributed by atoms with Crippen molar-refractivity contribution in [2.75, 3.05) is 0 Å². The second-order valence-electron chi connectivity index (χ2n) is 5.15. The van der Waals surface area contributed by atoms with Crippen LogP contribution in [0, 0.1) is 10.1 Å². The summed E-state index contributed by atoms with van der Waals surface area (Å²) in [5.41, 5.74) is -0.545. The molecule has 1 aromatic carbocycles. The number of nitrogens with zero attached hydrogens (tertiary/aromatic N) is 1. The number of carbonyl (C=O) groups is 1. The minimum Gasteiger partial charge on any atom is -0.458 e. The van der Waals surface area contributed by atoms with E-state index in [0.29, 0.717) is 12.8 Å². The highest BCUT2D eigenvalue weighted by Crippen LogP contribution is 2.30. The molecule has 114 valence electrons. The molecule has 0 aliphatic carbocycles. The van der Waals surface area contributed by atoms with Gasteiger partial charge in [-0.05, 0) is 26.0 Å². The van der Waals surface area contributed by atoms with Crippen LogP contribution in [0.2, 0.25) is 5.02 Å². The number of rotatable bonds is 3. The van der Waals surface area contributed by atoms with Gasteiger partial charge in [-0.3, -0.25) is 10.1 Å². The molecule has 0 amide bonds. The molecule has 0 bridgehead atoms. The predicted octanol–water partition coefficient (Wildman–Crippen LogP) is 3.36. The van der Waals surface area contributed by atoms with Gasteiger partial charge < -0.3 is 9.47 Å². The Kier molecular flexibility index (Phi) is 4.80. The average molecular weight is 314 g/mol. The number of esters is 1. The van der Waals surface area contributed by atoms with Gasteiger partial charge in [-0.1, -0.05) is 17.7 Å². The van der Waals surface area contributed by atoms with Crippen molar-refractivity contribution >= 4 is 23.3 Å². The summed E-state index contributed by atoms with van der Waals surface area (Å²) in [6.45, 7) is 3.80. The van der Waals surface area contributed by atoms with Gasteiger partial charge in [-0.15, -0.1) is 0 Å². The number of nitro groups is 1. The Morgan fingerprint density at radius 3 is 2.57 bits per heavy atom. The molecule has 0 radical (unpaired) electrons. The molecular formula is C14H16ClNO5. The second kappa shape index (κ2) is 6.41. The van der Waals surface area contributed by atoms with Crippen LogP contribution in [0.5, 0.6) is 0 Å². The normalized spacial score (nSPS) is 25.4. The fourth-order valence-electron chi connectivity index (χ4n) is 2.52. The van der Waals surface area contributed by atoms with Gasteiger partial charge in [0.1, 0.15) is 16.7 Å². The summed E-state index contributed by atoms with van der Waals surface area (Å²) in [5, 5.41) is 11.0. The Morgan fingerprint density at radius 2 is 2.00 bits per heavy atom. The van der Waals surface area contributed by atoms with Gasteiger partial charge in [0.2, 0.25) is 0 Å². The largest absolute Gasteiger partial charge is 0.458 e. The van der Waals surface area contributed by atoms with Gasteiger partial charge in [0.15, 0.2) is 0 Å². The van der Waals surface area contributed by atoms with Crippen LogP contribution in [0.15, 0.2) is 18.2 Å². The van der Waals surface area contributed by atoms with Crippen LogP contribution in [-0.2, 0) is 9.47 Å². The third-order valence-corrected chi connectivity index (χ3v) is 3.62. The lowest BCUT2D eigenvalue weighted by molar-refractivity contribution is -0.385. The summed E-state index contributed by atoms with van der Waals surface area (Å²) in [4.78, 5) is 22.5. The standard InChI is InChI=1S/C14H16ClNO5/c1-8-6-10(7-9(2)20-8)21-14(17)11-4-3-5-12(15)13(11)16(18)19/h3-5,8-10H,6-7H2,1-2H3. The monoisotopic (exact) mass is 313 g/mol. The maximum absolute atomic E-state index is 12.2. The van der Waals surface area contributed by atoms with Crippen molar-refractivity contribution in [3.05, 3.63) is 38.9 Å². The molecule has 2 unspecified atom stereocenters. The molecule has 0 spiro atoms. The van der Waals surface area contributed by atoms with Gasteiger partial charge in [0.05, 0.1) is 17.1 Å². The number of carbonyl (C=O) groups excluding carboxylic acids is 1. The lowest BCUT2D eigenvalue weighted by Gasteiger charge is -2.31. The maximum Gasteiger partial charge on any atom is 0.345 e. The predicted molar refractivity (Wildman–Crippen MR) is 76.6 cm³/mol. The molecule has 1 aromatic rings. The second-order valence-corrected chi connectivity index (χ2v) is 5.56. The van der Waals surface area contributed by atoms with Crippen molar-refractivity contribution in [3.8, 4) is 0 Å². The fourth-order valence-corrected chi connectivity index (χ4v) is 2.76. The van der Waals surface area contributed by atoms with E-state index in [-0.39, 0.29) is 28.9 Å². The number of para-hydroxylation sites is 1. The van der Waals surface area contributed by atoms with Crippen LogP contribution in [-0.4, -0.2) is 29.2 Å². The fraction of sp³-hybridized carbons (Fsp3) is 0.500. The van der Waals surface area contributed by atoms with Gasteiger partial charge in [-0.2, -0.15) is 0 Å². The van der Waals surface area contributed by atoms with Crippen molar-refractivity contribution in [2.24, 2.45) is 0 Å². The average Bonchev–Trinajstić information content (AvgIpc) is 2.36. The number of hydrogen-bond acceptors (Lipinski definition) is 5. The molecule has 6 nitrogen and oxygen atoms in total. The Balaban J connectivity index is 2.17. The molecule has 1 saturated heterocycles. The molecule has 0 N–H and O–H groups in total. The zero-order valence-electron chi connectivity index (χ0n) is 11.7. The van der Waals surface area contributed by atoms with Crippen LogP contribution in [0.25, 0.3) is 0 Å². The van der Waals surface area contributed by atoms with Crippen LogP contribution >= 0.6 is 11.6 Å². The Morgan fingerprint density at radius 1 is 1.38 bits per heavy atom. The Labute approximate surface area is 127 Å². The number of hydrogen-bond donors (Lipinski definition) is 0. The first-order valence-corrected chi connectivity index (χ1v) is 7.05. The van der Waals surface area contributed by atoms with Crippen molar-refractivity contribution in [3.63, 3.8) is 0 Å². The molecular weight excluding hydrogens is 298 g/mol.